The van der Waals surface area contributed by atoms with Crippen molar-refractivity contribution < 1.29 is 0 Å². The normalized spacial score (nSPS) is 11.0. The molecule has 0 aromatic carbocycles. The highest BCUT2D eigenvalue weighted by Gasteiger charge is 2.08. The number of anilines is 1. The van der Waals surface area contributed by atoms with Gasteiger partial charge in [-0.1, -0.05) is 0 Å². The van der Waals surface area contributed by atoms with Gasteiger partial charge in [-0.15, -0.1) is 0 Å². The molecule has 0 aliphatic carbocycles. The topological polar surface area (TPSA) is 43.3 Å². The van der Waals surface area contributed by atoms with E-state index in [4.69, 9.17) is 5.73 Å². The summed E-state index contributed by atoms with van der Waals surface area (Å²) in [5.41, 5.74) is 8.87. The molecule has 0 amide bonds. The Morgan fingerprint density at radius 2 is 2.08 bits per heavy atom. The minimum atomic E-state index is 0.742. The summed E-state index contributed by atoms with van der Waals surface area (Å²) < 4.78 is 3.19. The van der Waals surface area contributed by atoms with Crippen LogP contribution in [0.15, 0.2) is 12.1 Å². The quantitative estimate of drug-likeness (QED) is 0.754. The number of rotatable bonds is 0. The number of fused-ring (bicyclic) bond motifs is 1. The molecule has 0 aliphatic rings. The zero-order chi connectivity index (χ0) is 9.59. The summed E-state index contributed by atoms with van der Waals surface area (Å²) in [7, 11) is 0. The Kier molecular flexibility index (Phi) is 1.94. The number of halogens is 1. The summed E-state index contributed by atoms with van der Waals surface area (Å²) in [6.45, 7) is 3.97. The summed E-state index contributed by atoms with van der Waals surface area (Å²) in [6, 6.07) is 4.04. The molecule has 4 heteroatoms. The number of pyridine rings is 1. The third kappa shape index (κ3) is 1.20. The van der Waals surface area contributed by atoms with Crippen LogP contribution in [0.4, 0.5) is 5.82 Å². The van der Waals surface area contributed by atoms with Crippen molar-refractivity contribution in [1.29, 1.82) is 0 Å². The summed E-state index contributed by atoms with van der Waals surface area (Å²) in [6.07, 6.45) is 0. The van der Waals surface area contributed by atoms with Gasteiger partial charge in [0, 0.05) is 9.26 Å². The first-order valence-electron chi connectivity index (χ1n) is 4.01. The first-order valence-corrected chi connectivity index (χ1v) is 5.09. The average molecular weight is 287 g/mol. The van der Waals surface area contributed by atoms with Crippen LogP contribution in [0.25, 0.3) is 5.65 Å². The van der Waals surface area contributed by atoms with Crippen LogP contribution in [-0.4, -0.2) is 9.38 Å². The van der Waals surface area contributed by atoms with Gasteiger partial charge in [0.2, 0.25) is 0 Å². The molecule has 0 radical (unpaired) electrons. The lowest BCUT2D eigenvalue weighted by atomic mass is 10.4. The van der Waals surface area contributed by atoms with Crippen LogP contribution in [0.2, 0.25) is 0 Å². The summed E-state index contributed by atoms with van der Waals surface area (Å²) in [5.74, 6) is 0.742. The van der Waals surface area contributed by atoms with Gasteiger partial charge in [-0.25, -0.2) is 4.98 Å². The molecule has 2 heterocycles. The standard InChI is InChI=1S/C9H10IN3/c1-5-9(11)13-6(2)7(10)3-4-8(13)12-5/h3-4H,11H2,1-2H3. The molecule has 68 valence electrons. The van der Waals surface area contributed by atoms with E-state index in [1.54, 1.807) is 0 Å². The molecular weight excluding hydrogens is 277 g/mol. The Hall–Kier alpha value is -0.780. The lowest BCUT2D eigenvalue weighted by molar-refractivity contribution is 1.09. The molecular formula is C9H10IN3. The minimum absolute atomic E-state index is 0.742. The SMILES string of the molecule is Cc1nc2ccc(I)c(C)n2c1N. The molecule has 2 N–H and O–H groups in total. The summed E-state index contributed by atoms with van der Waals surface area (Å²) in [4.78, 5) is 4.35. The zero-order valence-corrected chi connectivity index (χ0v) is 9.66. The lowest BCUT2D eigenvalue weighted by Gasteiger charge is -2.03. The van der Waals surface area contributed by atoms with Gasteiger partial charge in [-0.3, -0.25) is 4.40 Å². The highest BCUT2D eigenvalue weighted by atomic mass is 127. The Morgan fingerprint density at radius 3 is 2.77 bits per heavy atom. The molecule has 0 bridgehead atoms. The first kappa shape index (κ1) is 8.80. The fourth-order valence-corrected chi connectivity index (χ4v) is 1.82. The van der Waals surface area contributed by atoms with Gasteiger partial charge in [0.1, 0.15) is 11.5 Å². The molecule has 0 spiro atoms. The van der Waals surface area contributed by atoms with E-state index < -0.39 is 0 Å². The fraction of sp³-hybridized carbons (Fsp3) is 0.222. The van der Waals surface area contributed by atoms with Crippen LogP contribution in [-0.2, 0) is 0 Å². The Morgan fingerprint density at radius 1 is 1.38 bits per heavy atom. The number of aromatic nitrogens is 2. The van der Waals surface area contributed by atoms with Crippen molar-refractivity contribution in [1.82, 2.24) is 9.38 Å². The number of hydrogen-bond donors (Lipinski definition) is 1. The van der Waals surface area contributed by atoms with Gasteiger partial charge >= 0.3 is 0 Å². The van der Waals surface area contributed by atoms with Gasteiger partial charge in [0.25, 0.3) is 0 Å². The van der Waals surface area contributed by atoms with E-state index in [-0.39, 0.29) is 0 Å². The van der Waals surface area contributed by atoms with Crippen molar-refractivity contribution in [3.05, 3.63) is 27.1 Å². The largest absolute Gasteiger partial charge is 0.383 e. The van der Waals surface area contributed by atoms with E-state index in [2.05, 4.69) is 33.6 Å². The lowest BCUT2D eigenvalue weighted by Crippen LogP contribution is -1.99. The van der Waals surface area contributed by atoms with Crippen molar-refractivity contribution in [3.63, 3.8) is 0 Å². The third-order valence-corrected chi connectivity index (χ3v) is 3.32. The van der Waals surface area contributed by atoms with Crippen LogP contribution in [0.3, 0.4) is 0 Å². The van der Waals surface area contributed by atoms with E-state index in [9.17, 15) is 0 Å². The molecule has 2 aromatic heterocycles. The van der Waals surface area contributed by atoms with Crippen molar-refractivity contribution in [2.24, 2.45) is 0 Å². The van der Waals surface area contributed by atoms with E-state index in [0.717, 1.165) is 22.9 Å². The van der Waals surface area contributed by atoms with Gasteiger partial charge in [0.15, 0.2) is 0 Å². The fourth-order valence-electron chi connectivity index (χ4n) is 1.40. The molecule has 2 rings (SSSR count). The molecule has 2 aromatic rings. The number of hydrogen-bond acceptors (Lipinski definition) is 2. The highest BCUT2D eigenvalue weighted by Crippen LogP contribution is 2.19. The summed E-state index contributed by atoms with van der Waals surface area (Å²) in [5, 5.41) is 0. The third-order valence-electron chi connectivity index (χ3n) is 2.18. The van der Waals surface area contributed by atoms with Gasteiger partial charge in [-0.05, 0) is 48.6 Å². The first-order chi connectivity index (χ1) is 6.11. The van der Waals surface area contributed by atoms with Gasteiger partial charge in [0.05, 0.1) is 5.69 Å². The maximum atomic E-state index is 5.91. The molecule has 0 unspecified atom stereocenters. The number of imidazole rings is 1. The van der Waals surface area contributed by atoms with E-state index in [1.165, 1.54) is 3.57 Å². The van der Waals surface area contributed by atoms with Crippen molar-refractivity contribution >= 4 is 34.1 Å². The van der Waals surface area contributed by atoms with Crippen molar-refractivity contribution in [3.8, 4) is 0 Å². The van der Waals surface area contributed by atoms with Crippen LogP contribution >= 0.6 is 22.6 Å². The van der Waals surface area contributed by atoms with E-state index >= 15 is 0 Å². The number of nitrogen functional groups attached to an aromatic ring is 1. The van der Waals surface area contributed by atoms with Crippen molar-refractivity contribution in [2.75, 3.05) is 5.73 Å². The minimum Gasteiger partial charge on any atom is -0.383 e. The monoisotopic (exact) mass is 287 g/mol. The Balaban J connectivity index is 2.97. The second kappa shape index (κ2) is 2.87. The molecule has 0 fully saturated rings. The number of aryl methyl sites for hydroxylation is 2. The van der Waals surface area contributed by atoms with E-state index in [0.29, 0.717) is 0 Å². The smallest absolute Gasteiger partial charge is 0.138 e. The molecule has 13 heavy (non-hydrogen) atoms. The number of nitrogens with two attached hydrogens (primary N) is 1. The van der Waals surface area contributed by atoms with Crippen molar-refractivity contribution in [2.45, 2.75) is 13.8 Å². The maximum absolute atomic E-state index is 5.91. The Labute approximate surface area is 90.1 Å². The Bertz CT molecular complexity index is 473. The number of nitrogens with zero attached hydrogens (tertiary/aromatic N) is 2. The second-order valence-electron chi connectivity index (χ2n) is 3.04. The predicted octanol–water partition coefficient (Wildman–Crippen LogP) is 2.14. The summed E-state index contributed by atoms with van der Waals surface area (Å²) >= 11 is 2.29. The molecule has 3 nitrogen and oxygen atoms in total. The molecule has 0 saturated heterocycles. The zero-order valence-electron chi connectivity index (χ0n) is 7.50. The average Bonchev–Trinajstić information content (AvgIpc) is 2.37. The predicted molar refractivity (Wildman–Crippen MR) is 61.8 cm³/mol. The van der Waals surface area contributed by atoms with Crippen LogP contribution in [0.5, 0.6) is 0 Å². The van der Waals surface area contributed by atoms with Gasteiger partial charge in [-0.2, -0.15) is 0 Å². The molecule has 0 aliphatic heterocycles. The molecule has 0 atom stereocenters. The van der Waals surface area contributed by atoms with Crippen LogP contribution in [0.1, 0.15) is 11.4 Å². The van der Waals surface area contributed by atoms with Crippen LogP contribution < -0.4 is 5.73 Å². The maximum Gasteiger partial charge on any atom is 0.138 e. The highest BCUT2D eigenvalue weighted by molar-refractivity contribution is 14.1. The van der Waals surface area contributed by atoms with E-state index in [1.807, 2.05) is 24.3 Å². The second-order valence-corrected chi connectivity index (χ2v) is 4.20. The van der Waals surface area contributed by atoms with Gasteiger partial charge < -0.3 is 5.73 Å². The molecule has 0 saturated carbocycles. The van der Waals surface area contributed by atoms with Crippen LogP contribution in [0, 0.1) is 17.4 Å².